The maximum Gasteiger partial charge on any atom is 0.241 e. The highest BCUT2D eigenvalue weighted by atomic mass is 79.9. The van der Waals surface area contributed by atoms with Gasteiger partial charge in [-0.3, -0.25) is 4.79 Å². The number of hydrogen-bond acceptors (Lipinski definition) is 5. The molecule has 0 atom stereocenters. The van der Waals surface area contributed by atoms with Crippen molar-refractivity contribution in [3.05, 3.63) is 52.6 Å². The van der Waals surface area contributed by atoms with Gasteiger partial charge in [0.05, 0.1) is 6.54 Å². The molecule has 2 rings (SSSR count). The molecule has 0 aliphatic carbocycles. The molecular formula is C18H21BrN2O4S. The Hall–Kier alpha value is -1.93. The van der Waals surface area contributed by atoms with Gasteiger partial charge in [0.1, 0.15) is 12.4 Å². The van der Waals surface area contributed by atoms with Crippen LogP contribution in [0.1, 0.15) is 19.4 Å². The standard InChI is InChI=1S/C18H21BrN2O4S/c1-13-4-7-15(8-5-13)25-11-10-20-17(22)18(2,3)26(23,24)16-9-6-14(19)12-21-16/h4-9,12H,10-11H2,1-3H3,(H,20,22). The first kappa shape index (κ1) is 20.4. The maximum atomic E-state index is 12.7. The molecule has 26 heavy (non-hydrogen) atoms. The van der Waals surface area contributed by atoms with Crippen LogP contribution < -0.4 is 10.1 Å². The van der Waals surface area contributed by atoms with Crippen molar-refractivity contribution in [2.75, 3.05) is 13.2 Å². The topological polar surface area (TPSA) is 85.4 Å². The second-order valence-electron chi connectivity index (χ2n) is 6.25. The van der Waals surface area contributed by atoms with Gasteiger partial charge in [-0.1, -0.05) is 17.7 Å². The number of rotatable bonds is 7. The van der Waals surface area contributed by atoms with E-state index in [2.05, 4.69) is 26.2 Å². The normalized spacial score (nSPS) is 11.8. The number of carbonyl (C=O) groups is 1. The molecular weight excluding hydrogens is 420 g/mol. The van der Waals surface area contributed by atoms with Gasteiger partial charge in [0.2, 0.25) is 15.7 Å². The van der Waals surface area contributed by atoms with Gasteiger partial charge in [0.25, 0.3) is 0 Å². The van der Waals surface area contributed by atoms with Gasteiger partial charge in [0, 0.05) is 10.7 Å². The van der Waals surface area contributed by atoms with Crippen LogP contribution >= 0.6 is 15.9 Å². The molecule has 2 aromatic rings. The van der Waals surface area contributed by atoms with Crippen LogP contribution in [-0.4, -0.2) is 37.2 Å². The quantitative estimate of drug-likeness (QED) is 0.668. The van der Waals surface area contributed by atoms with Gasteiger partial charge in [-0.2, -0.15) is 0 Å². The average Bonchev–Trinajstić information content (AvgIpc) is 2.60. The minimum Gasteiger partial charge on any atom is -0.492 e. The lowest BCUT2D eigenvalue weighted by Crippen LogP contribution is -2.49. The van der Waals surface area contributed by atoms with E-state index in [4.69, 9.17) is 4.74 Å². The number of benzene rings is 1. The number of aryl methyl sites for hydroxylation is 1. The number of amides is 1. The number of carbonyl (C=O) groups excluding carboxylic acids is 1. The zero-order valence-corrected chi connectivity index (χ0v) is 17.2. The number of ether oxygens (including phenoxy) is 1. The molecule has 0 unspecified atom stereocenters. The first-order valence-corrected chi connectivity index (χ1v) is 10.3. The minimum atomic E-state index is -3.93. The van der Waals surface area contributed by atoms with E-state index in [0.29, 0.717) is 10.2 Å². The molecule has 0 fully saturated rings. The highest BCUT2D eigenvalue weighted by Crippen LogP contribution is 2.25. The number of hydrogen-bond donors (Lipinski definition) is 1. The van der Waals surface area contributed by atoms with Crippen molar-refractivity contribution in [1.29, 1.82) is 0 Å². The fraction of sp³-hybridized carbons (Fsp3) is 0.333. The van der Waals surface area contributed by atoms with Crippen molar-refractivity contribution in [1.82, 2.24) is 10.3 Å². The van der Waals surface area contributed by atoms with Gasteiger partial charge in [-0.05, 0) is 61.0 Å². The Bertz CT molecular complexity index is 863. The van der Waals surface area contributed by atoms with E-state index >= 15 is 0 Å². The summed E-state index contributed by atoms with van der Waals surface area (Å²) < 4.78 is 30.0. The summed E-state index contributed by atoms with van der Waals surface area (Å²) in [6.45, 7) is 5.14. The zero-order valence-electron chi connectivity index (χ0n) is 14.8. The van der Waals surface area contributed by atoms with E-state index < -0.39 is 20.5 Å². The smallest absolute Gasteiger partial charge is 0.241 e. The molecule has 1 N–H and O–H groups in total. The van der Waals surface area contributed by atoms with Crippen molar-refractivity contribution in [3.63, 3.8) is 0 Å². The largest absolute Gasteiger partial charge is 0.492 e. The molecule has 0 bridgehead atoms. The van der Waals surface area contributed by atoms with Gasteiger partial charge in [-0.25, -0.2) is 13.4 Å². The van der Waals surface area contributed by atoms with Crippen molar-refractivity contribution < 1.29 is 17.9 Å². The third-order valence-corrected chi connectivity index (χ3v) is 6.66. The number of nitrogens with zero attached hydrogens (tertiary/aromatic N) is 1. The molecule has 1 aromatic heterocycles. The first-order valence-electron chi connectivity index (χ1n) is 7.98. The van der Waals surface area contributed by atoms with Gasteiger partial charge >= 0.3 is 0 Å². The summed E-state index contributed by atoms with van der Waals surface area (Å²) in [5, 5.41) is 2.47. The number of halogens is 1. The SMILES string of the molecule is Cc1ccc(OCCNC(=O)C(C)(C)S(=O)(=O)c2ccc(Br)cn2)cc1. The fourth-order valence-electron chi connectivity index (χ4n) is 2.09. The monoisotopic (exact) mass is 440 g/mol. The number of aromatic nitrogens is 1. The molecule has 8 heteroatoms. The summed E-state index contributed by atoms with van der Waals surface area (Å²) in [5.74, 6) is 0.0884. The molecule has 0 saturated heterocycles. The lowest BCUT2D eigenvalue weighted by Gasteiger charge is -2.23. The Balaban J connectivity index is 1.96. The lowest BCUT2D eigenvalue weighted by atomic mass is 10.2. The second kappa shape index (κ2) is 8.18. The molecule has 0 aliphatic rings. The third-order valence-electron chi connectivity index (χ3n) is 3.87. The summed E-state index contributed by atoms with van der Waals surface area (Å²) in [7, 11) is -3.93. The Morgan fingerprint density at radius 2 is 1.85 bits per heavy atom. The van der Waals surface area contributed by atoms with Crippen LogP contribution in [0.3, 0.4) is 0 Å². The van der Waals surface area contributed by atoms with E-state index in [1.165, 1.54) is 26.1 Å². The Labute approximate surface area is 162 Å². The predicted octanol–water partition coefficient (Wildman–Crippen LogP) is 2.90. The van der Waals surface area contributed by atoms with Crippen LogP contribution in [-0.2, 0) is 14.6 Å². The lowest BCUT2D eigenvalue weighted by molar-refractivity contribution is -0.122. The molecule has 0 aliphatic heterocycles. The van der Waals surface area contributed by atoms with Crippen molar-refractivity contribution in [2.45, 2.75) is 30.5 Å². The predicted molar refractivity (Wildman–Crippen MR) is 103 cm³/mol. The summed E-state index contributed by atoms with van der Waals surface area (Å²) in [6, 6.07) is 10.5. The van der Waals surface area contributed by atoms with Crippen LogP contribution in [0.2, 0.25) is 0 Å². The van der Waals surface area contributed by atoms with E-state index in [9.17, 15) is 13.2 Å². The van der Waals surface area contributed by atoms with Crippen LogP contribution in [0.15, 0.2) is 52.1 Å². The van der Waals surface area contributed by atoms with Gasteiger partial charge < -0.3 is 10.1 Å². The molecule has 1 aromatic carbocycles. The second-order valence-corrected chi connectivity index (χ2v) is 9.61. The van der Waals surface area contributed by atoms with E-state index in [0.717, 1.165) is 5.56 Å². The maximum absolute atomic E-state index is 12.7. The minimum absolute atomic E-state index is 0.142. The van der Waals surface area contributed by atoms with Crippen molar-refractivity contribution in [2.24, 2.45) is 0 Å². The molecule has 0 saturated carbocycles. The Morgan fingerprint density at radius 3 is 2.42 bits per heavy atom. The van der Waals surface area contributed by atoms with E-state index in [-0.39, 0.29) is 18.2 Å². The summed E-state index contributed by atoms with van der Waals surface area (Å²) in [5.41, 5.74) is 1.12. The van der Waals surface area contributed by atoms with Gasteiger partial charge in [-0.15, -0.1) is 0 Å². The van der Waals surface area contributed by atoms with E-state index in [1.54, 1.807) is 6.07 Å². The Kier molecular flexibility index (Phi) is 6.41. The first-order chi connectivity index (χ1) is 12.1. The molecule has 0 radical (unpaired) electrons. The highest BCUT2D eigenvalue weighted by molar-refractivity contribution is 9.10. The van der Waals surface area contributed by atoms with Crippen LogP contribution in [0.5, 0.6) is 5.75 Å². The highest BCUT2D eigenvalue weighted by Gasteiger charge is 2.43. The van der Waals surface area contributed by atoms with E-state index in [1.807, 2.05) is 31.2 Å². The molecule has 140 valence electrons. The summed E-state index contributed by atoms with van der Waals surface area (Å²) in [4.78, 5) is 16.3. The third kappa shape index (κ3) is 4.62. The molecule has 1 amide bonds. The number of pyridine rings is 1. The number of sulfone groups is 1. The Morgan fingerprint density at radius 1 is 1.19 bits per heavy atom. The molecule has 6 nitrogen and oxygen atoms in total. The molecule has 1 heterocycles. The molecule has 0 spiro atoms. The van der Waals surface area contributed by atoms with Gasteiger partial charge in [0.15, 0.2) is 9.77 Å². The number of nitrogens with one attached hydrogen (secondary N) is 1. The van der Waals surface area contributed by atoms with Crippen LogP contribution in [0.4, 0.5) is 0 Å². The van der Waals surface area contributed by atoms with Crippen LogP contribution in [0.25, 0.3) is 0 Å². The fourth-order valence-corrected chi connectivity index (χ4v) is 3.60. The van der Waals surface area contributed by atoms with Crippen molar-refractivity contribution in [3.8, 4) is 5.75 Å². The van der Waals surface area contributed by atoms with Crippen molar-refractivity contribution >= 4 is 31.7 Å². The van der Waals surface area contributed by atoms with Crippen LogP contribution in [0, 0.1) is 6.92 Å². The zero-order chi connectivity index (χ0) is 19.4. The average molecular weight is 441 g/mol. The summed E-state index contributed by atoms with van der Waals surface area (Å²) >= 11 is 3.21. The summed E-state index contributed by atoms with van der Waals surface area (Å²) in [6.07, 6.45) is 1.39.